The third kappa shape index (κ3) is 6.49. The minimum Gasteiger partial charge on any atom is -0.372 e. The first kappa shape index (κ1) is 17.1. The van der Waals surface area contributed by atoms with E-state index < -0.39 is 0 Å². The van der Waals surface area contributed by atoms with Gasteiger partial charge < -0.3 is 10.1 Å². The Morgan fingerprint density at radius 2 is 1.80 bits per heavy atom. The minimum atomic E-state index is -0.197. The maximum atomic E-state index is 13.8. The highest BCUT2D eigenvalue weighted by Gasteiger charge is 2.14. The Morgan fingerprint density at radius 1 is 1.10 bits per heavy atom. The number of hydrogen-bond donors (Lipinski definition) is 1. The summed E-state index contributed by atoms with van der Waals surface area (Å²) in [4.78, 5) is 0. The molecule has 0 aromatic heterocycles. The molecule has 114 valence electrons. The van der Waals surface area contributed by atoms with Gasteiger partial charge in [0, 0.05) is 18.7 Å². The molecule has 0 radical (unpaired) electrons. The van der Waals surface area contributed by atoms with Crippen molar-refractivity contribution in [3.05, 3.63) is 35.6 Å². The molecule has 0 bridgehead atoms. The zero-order valence-electron chi connectivity index (χ0n) is 12.8. The van der Waals surface area contributed by atoms with Crippen LogP contribution in [-0.4, -0.2) is 20.2 Å². The maximum absolute atomic E-state index is 13.8. The molecule has 0 saturated heterocycles. The third-order valence-electron chi connectivity index (χ3n) is 3.46. The Balaban J connectivity index is 2.31. The predicted octanol–water partition coefficient (Wildman–Crippen LogP) is 4.46. The van der Waals surface area contributed by atoms with Gasteiger partial charge in [-0.3, -0.25) is 0 Å². The second kappa shape index (κ2) is 10.8. The summed E-state index contributed by atoms with van der Waals surface area (Å²) < 4.78 is 19.6. The standard InChI is InChI=1S/C17H28FNO/c1-3-4-5-6-7-10-13-20-17(14-19-2)15-11-8-9-12-16(15)18/h8-9,11-12,17,19H,3-7,10,13-14H2,1-2H3. The first-order valence-corrected chi connectivity index (χ1v) is 7.80. The molecule has 0 spiro atoms. The van der Waals surface area contributed by atoms with E-state index in [1.54, 1.807) is 12.1 Å². The van der Waals surface area contributed by atoms with E-state index in [1.165, 1.54) is 38.2 Å². The quantitative estimate of drug-likeness (QED) is 0.604. The highest BCUT2D eigenvalue weighted by atomic mass is 19.1. The van der Waals surface area contributed by atoms with Crippen molar-refractivity contribution in [2.75, 3.05) is 20.2 Å². The molecule has 0 fully saturated rings. The van der Waals surface area contributed by atoms with Crippen LogP contribution in [0.3, 0.4) is 0 Å². The first-order valence-electron chi connectivity index (χ1n) is 7.80. The summed E-state index contributed by atoms with van der Waals surface area (Å²) in [5.74, 6) is -0.185. The lowest BCUT2D eigenvalue weighted by atomic mass is 10.1. The van der Waals surface area contributed by atoms with Crippen LogP contribution < -0.4 is 5.32 Å². The average molecular weight is 281 g/mol. The highest BCUT2D eigenvalue weighted by Crippen LogP contribution is 2.20. The van der Waals surface area contributed by atoms with Crippen LogP contribution in [0.4, 0.5) is 4.39 Å². The van der Waals surface area contributed by atoms with Crippen molar-refractivity contribution in [2.24, 2.45) is 0 Å². The van der Waals surface area contributed by atoms with Crippen molar-refractivity contribution < 1.29 is 9.13 Å². The summed E-state index contributed by atoms with van der Waals surface area (Å²) in [6, 6.07) is 6.86. The SMILES string of the molecule is CCCCCCCCOC(CNC)c1ccccc1F. The Hall–Kier alpha value is -0.930. The van der Waals surface area contributed by atoms with Crippen molar-refractivity contribution in [1.82, 2.24) is 5.32 Å². The molecular formula is C17H28FNO. The zero-order chi connectivity index (χ0) is 14.6. The molecule has 1 aromatic rings. The molecule has 0 aliphatic carbocycles. The van der Waals surface area contributed by atoms with Crippen LogP contribution in [0.1, 0.15) is 57.1 Å². The topological polar surface area (TPSA) is 21.3 Å². The van der Waals surface area contributed by atoms with Crippen molar-refractivity contribution in [2.45, 2.75) is 51.6 Å². The lowest BCUT2D eigenvalue weighted by molar-refractivity contribution is 0.0488. The second-order valence-corrected chi connectivity index (χ2v) is 5.21. The maximum Gasteiger partial charge on any atom is 0.129 e. The number of likely N-dealkylation sites (N-methyl/N-ethyl adjacent to an activating group) is 1. The number of halogens is 1. The minimum absolute atomic E-state index is 0.185. The average Bonchev–Trinajstić information content (AvgIpc) is 2.46. The Morgan fingerprint density at radius 3 is 2.50 bits per heavy atom. The van der Waals surface area contributed by atoms with Gasteiger partial charge in [0.1, 0.15) is 5.82 Å². The molecule has 0 amide bonds. The van der Waals surface area contributed by atoms with E-state index in [4.69, 9.17) is 4.74 Å². The van der Waals surface area contributed by atoms with Gasteiger partial charge in [0.15, 0.2) is 0 Å². The van der Waals surface area contributed by atoms with Gasteiger partial charge in [-0.25, -0.2) is 4.39 Å². The van der Waals surface area contributed by atoms with Crippen LogP contribution in [0.15, 0.2) is 24.3 Å². The molecule has 0 heterocycles. The van der Waals surface area contributed by atoms with E-state index >= 15 is 0 Å². The number of hydrogen-bond acceptors (Lipinski definition) is 2. The molecule has 1 aromatic carbocycles. The van der Waals surface area contributed by atoms with Gasteiger partial charge in [-0.15, -0.1) is 0 Å². The van der Waals surface area contributed by atoms with Crippen LogP contribution >= 0.6 is 0 Å². The Bertz CT molecular complexity index is 357. The molecule has 1 atom stereocenters. The normalized spacial score (nSPS) is 12.6. The van der Waals surface area contributed by atoms with E-state index in [0.717, 1.165) is 6.42 Å². The fourth-order valence-corrected chi connectivity index (χ4v) is 2.29. The molecule has 3 heteroatoms. The fourth-order valence-electron chi connectivity index (χ4n) is 2.29. The summed E-state index contributed by atoms with van der Waals surface area (Å²) in [7, 11) is 1.86. The van der Waals surface area contributed by atoms with Crippen LogP contribution in [-0.2, 0) is 4.74 Å². The van der Waals surface area contributed by atoms with Crippen molar-refractivity contribution in [3.8, 4) is 0 Å². The Labute approximate surface area is 122 Å². The van der Waals surface area contributed by atoms with E-state index in [1.807, 2.05) is 13.1 Å². The van der Waals surface area contributed by atoms with Crippen LogP contribution in [0.25, 0.3) is 0 Å². The largest absolute Gasteiger partial charge is 0.372 e. The van der Waals surface area contributed by atoms with Crippen molar-refractivity contribution in [1.29, 1.82) is 0 Å². The molecule has 1 unspecified atom stereocenters. The van der Waals surface area contributed by atoms with Gasteiger partial charge in [0.2, 0.25) is 0 Å². The van der Waals surface area contributed by atoms with Gasteiger partial charge in [-0.2, -0.15) is 0 Å². The molecule has 1 N–H and O–H groups in total. The predicted molar refractivity (Wildman–Crippen MR) is 82.4 cm³/mol. The second-order valence-electron chi connectivity index (χ2n) is 5.21. The van der Waals surface area contributed by atoms with Crippen LogP contribution in [0.5, 0.6) is 0 Å². The Kier molecular flexibility index (Phi) is 9.25. The highest BCUT2D eigenvalue weighted by molar-refractivity contribution is 5.20. The van der Waals surface area contributed by atoms with E-state index in [-0.39, 0.29) is 11.9 Å². The lowest BCUT2D eigenvalue weighted by Crippen LogP contribution is -2.21. The molecule has 0 aliphatic heterocycles. The first-order chi connectivity index (χ1) is 9.79. The summed E-state index contributed by atoms with van der Waals surface area (Å²) in [6.45, 7) is 3.56. The zero-order valence-corrected chi connectivity index (χ0v) is 12.8. The molecule has 2 nitrogen and oxygen atoms in total. The van der Waals surface area contributed by atoms with E-state index in [9.17, 15) is 4.39 Å². The van der Waals surface area contributed by atoms with Crippen LogP contribution in [0, 0.1) is 5.82 Å². The van der Waals surface area contributed by atoms with Gasteiger partial charge >= 0.3 is 0 Å². The van der Waals surface area contributed by atoms with Crippen molar-refractivity contribution in [3.63, 3.8) is 0 Å². The third-order valence-corrected chi connectivity index (χ3v) is 3.46. The number of ether oxygens (including phenoxy) is 1. The number of rotatable bonds is 11. The monoisotopic (exact) mass is 281 g/mol. The summed E-state index contributed by atoms with van der Waals surface area (Å²) in [6.07, 6.45) is 7.23. The summed E-state index contributed by atoms with van der Waals surface area (Å²) in [5.41, 5.74) is 0.646. The number of benzene rings is 1. The summed E-state index contributed by atoms with van der Waals surface area (Å²) in [5, 5.41) is 3.07. The smallest absolute Gasteiger partial charge is 0.129 e. The number of nitrogens with one attached hydrogen (secondary N) is 1. The number of unbranched alkanes of at least 4 members (excludes halogenated alkanes) is 5. The summed E-state index contributed by atoms with van der Waals surface area (Å²) >= 11 is 0. The molecule has 0 saturated carbocycles. The van der Waals surface area contributed by atoms with E-state index in [2.05, 4.69) is 12.2 Å². The molecule has 0 aliphatic rings. The lowest BCUT2D eigenvalue weighted by Gasteiger charge is -2.18. The van der Waals surface area contributed by atoms with Gasteiger partial charge in [0.25, 0.3) is 0 Å². The molecule has 20 heavy (non-hydrogen) atoms. The van der Waals surface area contributed by atoms with Crippen molar-refractivity contribution >= 4 is 0 Å². The van der Waals surface area contributed by atoms with E-state index in [0.29, 0.717) is 18.7 Å². The van der Waals surface area contributed by atoms with Gasteiger partial charge in [-0.1, -0.05) is 57.2 Å². The molecule has 1 rings (SSSR count). The fraction of sp³-hybridized carbons (Fsp3) is 0.647. The van der Waals surface area contributed by atoms with Crippen LogP contribution in [0.2, 0.25) is 0 Å². The van der Waals surface area contributed by atoms with Gasteiger partial charge in [-0.05, 0) is 19.5 Å². The molecular weight excluding hydrogens is 253 g/mol. The van der Waals surface area contributed by atoms with Gasteiger partial charge in [0.05, 0.1) is 6.10 Å².